The lowest BCUT2D eigenvalue weighted by Crippen LogP contribution is -2.12. The number of non-ortho nitro benzene ring substituents is 1. The van der Waals surface area contributed by atoms with E-state index in [0.29, 0.717) is 17.7 Å². The molecule has 0 bridgehead atoms. The van der Waals surface area contributed by atoms with Gasteiger partial charge >= 0.3 is 0 Å². The van der Waals surface area contributed by atoms with Gasteiger partial charge < -0.3 is 10.4 Å². The highest BCUT2D eigenvalue weighted by Crippen LogP contribution is 2.18. The molecule has 0 aliphatic heterocycles. The van der Waals surface area contributed by atoms with Gasteiger partial charge in [-0.3, -0.25) is 14.9 Å². The number of anilines is 1. The van der Waals surface area contributed by atoms with Crippen LogP contribution in [0.1, 0.15) is 12.0 Å². The normalized spacial score (nSPS) is 10.1. The summed E-state index contributed by atoms with van der Waals surface area (Å²) in [6, 6.07) is 12.5. The van der Waals surface area contributed by atoms with Crippen LogP contribution < -0.4 is 5.32 Å². The minimum Gasteiger partial charge on any atom is -0.508 e. The number of nitro benzene ring substituents is 1. The summed E-state index contributed by atoms with van der Waals surface area (Å²) in [6.07, 6.45) is 0.639. The Morgan fingerprint density at radius 2 is 1.81 bits per heavy atom. The van der Waals surface area contributed by atoms with Crippen molar-refractivity contribution in [2.45, 2.75) is 12.8 Å². The number of phenolic OH excluding ortho intramolecular Hbond substituents is 1. The van der Waals surface area contributed by atoms with Crippen molar-refractivity contribution in [2.24, 2.45) is 0 Å². The number of benzene rings is 2. The zero-order valence-corrected chi connectivity index (χ0v) is 11.2. The smallest absolute Gasteiger partial charge is 0.269 e. The molecule has 0 fully saturated rings. The molecule has 108 valence electrons. The fourth-order valence-electron chi connectivity index (χ4n) is 1.86. The van der Waals surface area contributed by atoms with Crippen molar-refractivity contribution in [3.05, 3.63) is 64.2 Å². The molecule has 2 N–H and O–H groups in total. The lowest BCUT2D eigenvalue weighted by Gasteiger charge is -2.06. The van der Waals surface area contributed by atoms with Crippen LogP contribution in [-0.4, -0.2) is 15.9 Å². The van der Waals surface area contributed by atoms with E-state index in [9.17, 15) is 20.0 Å². The molecule has 0 aromatic heterocycles. The third-order valence-electron chi connectivity index (χ3n) is 2.97. The first kappa shape index (κ1) is 14.5. The average Bonchev–Trinajstić information content (AvgIpc) is 2.47. The third kappa shape index (κ3) is 4.04. The Morgan fingerprint density at radius 1 is 1.14 bits per heavy atom. The zero-order chi connectivity index (χ0) is 15.2. The van der Waals surface area contributed by atoms with E-state index in [-0.39, 0.29) is 23.8 Å². The number of hydrogen-bond donors (Lipinski definition) is 2. The first-order chi connectivity index (χ1) is 10.1. The standard InChI is InChI=1S/C15H14N2O4/c18-14-4-2-1-3-11(14)5-10-15(19)16-12-6-8-13(9-7-12)17(20)21/h1-4,6-9,18H,5,10H2,(H,16,19). The molecule has 0 heterocycles. The fourth-order valence-corrected chi connectivity index (χ4v) is 1.86. The van der Waals surface area contributed by atoms with Gasteiger partial charge in [0.25, 0.3) is 5.69 Å². The minimum absolute atomic E-state index is 0.0257. The van der Waals surface area contributed by atoms with Crippen molar-refractivity contribution in [3.63, 3.8) is 0 Å². The summed E-state index contributed by atoms with van der Waals surface area (Å²) in [5.74, 6) is -0.0484. The van der Waals surface area contributed by atoms with Gasteiger partial charge in [0, 0.05) is 24.2 Å². The maximum atomic E-state index is 11.8. The van der Waals surface area contributed by atoms with Crippen LogP contribution in [0.3, 0.4) is 0 Å². The molecule has 0 radical (unpaired) electrons. The summed E-state index contributed by atoms with van der Waals surface area (Å²) in [7, 11) is 0. The summed E-state index contributed by atoms with van der Waals surface area (Å²) < 4.78 is 0. The zero-order valence-electron chi connectivity index (χ0n) is 11.2. The SMILES string of the molecule is O=C(CCc1ccccc1O)Nc1ccc([N+](=O)[O-])cc1. The summed E-state index contributed by atoms with van der Waals surface area (Å²) in [4.78, 5) is 21.8. The number of phenols is 1. The monoisotopic (exact) mass is 286 g/mol. The minimum atomic E-state index is -0.496. The molecule has 2 aromatic rings. The van der Waals surface area contributed by atoms with Gasteiger partial charge in [0.2, 0.25) is 5.91 Å². The number of rotatable bonds is 5. The van der Waals surface area contributed by atoms with Crippen LogP contribution in [0.5, 0.6) is 5.75 Å². The van der Waals surface area contributed by atoms with E-state index in [1.165, 1.54) is 24.3 Å². The van der Waals surface area contributed by atoms with Crippen LogP contribution in [0.2, 0.25) is 0 Å². The second-order valence-electron chi connectivity index (χ2n) is 4.48. The highest BCUT2D eigenvalue weighted by atomic mass is 16.6. The molecule has 0 aliphatic rings. The van der Waals surface area contributed by atoms with Crippen LogP contribution in [-0.2, 0) is 11.2 Å². The Hall–Kier alpha value is -2.89. The number of para-hydroxylation sites is 1. The molecule has 6 heteroatoms. The van der Waals surface area contributed by atoms with E-state index in [1.807, 2.05) is 0 Å². The largest absolute Gasteiger partial charge is 0.508 e. The number of carbonyl (C=O) groups is 1. The maximum Gasteiger partial charge on any atom is 0.269 e. The molecule has 0 aliphatic carbocycles. The Bertz CT molecular complexity index is 653. The quantitative estimate of drug-likeness (QED) is 0.653. The number of nitro groups is 1. The Balaban J connectivity index is 1.90. The molecule has 2 aromatic carbocycles. The van der Waals surface area contributed by atoms with E-state index in [1.54, 1.807) is 24.3 Å². The fraction of sp³-hybridized carbons (Fsp3) is 0.133. The molecule has 0 saturated heterocycles. The van der Waals surface area contributed by atoms with Gasteiger partial charge in [-0.25, -0.2) is 0 Å². The molecule has 1 amide bonds. The second kappa shape index (κ2) is 6.51. The van der Waals surface area contributed by atoms with Gasteiger partial charge in [0.1, 0.15) is 5.75 Å². The van der Waals surface area contributed by atoms with Crippen LogP contribution in [0.15, 0.2) is 48.5 Å². The van der Waals surface area contributed by atoms with E-state index in [4.69, 9.17) is 0 Å². The maximum absolute atomic E-state index is 11.8. The number of amides is 1. The van der Waals surface area contributed by atoms with E-state index in [2.05, 4.69) is 5.32 Å². The van der Waals surface area contributed by atoms with Crippen molar-refractivity contribution in [3.8, 4) is 5.75 Å². The van der Waals surface area contributed by atoms with Crippen molar-refractivity contribution < 1.29 is 14.8 Å². The van der Waals surface area contributed by atoms with Crippen molar-refractivity contribution >= 4 is 17.3 Å². The molecule has 21 heavy (non-hydrogen) atoms. The lowest BCUT2D eigenvalue weighted by atomic mass is 10.1. The number of nitrogens with zero attached hydrogens (tertiary/aromatic N) is 1. The van der Waals surface area contributed by atoms with Gasteiger partial charge in [0.05, 0.1) is 4.92 Å². The highest BCUT2D eigenvalue weighted by Gasteiger charge is 2.08. The molecule has 2 rings (SSSR count). The first-order valence-electron chi connectivity index (χ1n) is 6.37. The van der Waals surface area contributed by atoms with Crippen molar-refractivity contribution in [1.82, 2.24) is 0 Å². The summed E-state index contributed by atoms with van der Waals surface area (Å²) in [5, 5.41) is 22.8. The summed E-state index contributed by atoms with van der Waals surface area (Å²) >= 11 is 0. The van der Waals surface area contributed by atoms with E-state index >= 15 is 0 Å². The van der Waals surface area contributed by atoms with Crippen LogP contribution in [0, 0.1) is 10.1 Å². The van der Waals surface area contributed by atoms with Gasteiger partial charge in [0.15, 0.2) is 0 Å². The predicted molar refractivity (Wildman–Crippen MR) is 78.2 cm³/mol. The van der Waals surface area contributed by atoms with Gasteiger partial charge in [-0.15, -0.1) is 0 Å². The summed E-state index contributed by atoms with van der Waals surface area (Å²) in [6.45, 7) is 0. The first-order valence-corrected chi connectivity index (χ1v) is 6.37. The van der Waals surface area contributed by atoms with Crippen LogP contribution in [0.25, 0.3) is 0 Å². The van der Waals surface area contributed by atoms with Crippen molar-refractivity contribution in [2.75, 3.05) is 5.32 Å². The molecule has 0 spiro atoms. The van der Waals surface area contributed by atoms with Crippen LogP contribution in [0.4, 0.5) is 11.4 Å². The Labute approximate surface area is 121 Å². The predicted octanol–water partition coefficient (Wildman–Crippen LogP) is 2.87. The lowest BCUT2D eigenvalue weighted by molar-refractivity contribution is -0.384. The van der Waals surface area contributed by atoms with Gasteiger partial charge in [-0.05, 0) is 30.2 Å². The third-order valence-corrected chi connectivity index (χ3v) is 2.97. The molecular formula is C15H14N2O4. The van der Waals surface area contributed by atoms with Gasteiger partial charge in [-0.1, -0.05) is 18.2 Å². The van der Waals surface area contributed by atoms with Gasteiger partial charge in [-0.2, -0.15) is 0 Å². The highest BCUT2D eigenvalue weighted by molar-refractivity contribution is 5.90. The summed E-state index contributed by atoms with van der Waals surface area (Å²) in [5.41, 5.74) is 1.18. The average molecular weight is 286 g/mol. The van der Waals surface area contributed by atoms with E-state index in [0.717, 1.165) is 0 Å². The number of hydrogen-bond acceptors (Lipinski definition) is 4. The topological polar surface area (TPSA) is 92.5 Å². The Morgan fingerprint density at radius 3 is 2.43 bits per heavy atom. The molecule has 0 saturated carbocycles. The number of aryl methyl sites for hydroxylation is 1. The molecular weight excluding hydrogens is 272 g/mol. The number of carbonyl (C=O) groups excluding carboxylic acids is 1. The Kier molecular flexibility index (Phi) is 4.50. The molecule has 0 unspecified atom stereocenters. The van der Waals surface area contributed by atoms with E-state index < -0.39 is 4.92 Å². The van der Waals surface area contributed by atoms with Crippen molar-refractivity contribution in [1.29, 1.82) is 0 Å². The molecule has 6 nitrogen and oxygen atoms in total. The molecule has 0 atom stereocenters. The number of nitrogens with one attached hydrogen (secondary N) is 1. The number of aromatic hydroxyl groups is 1. The second-order valence-corrected chi connectivity index (χ2v) is 4.48. The van der Waals surface area contributed by atoms with Crippen LogP contribution >= 0.6 is 0 Å².